The van der Waals surface area contributed by atoms with Gasteiger partial charge in [0.15, 0.2) is 0 Å². The van der Waals surface area contributed by atoms with E-state index in [1.165, 1.54) is 4.90 Å². The van der Waals surface area contributed by atoms with E-state index < -0.39 is 41.7 Å². The Balaban J connectivity index is 1.92. The number of hydrogen-bond donors (Lipinski definition) is 1. The van der Waals surface area contributed by atoms with Gasteiger partial charge in [-0.1, -0.05) is 24.3 Å². The molecule has 0 radical (unpaired) electrons. The molecule has 1 saturated heterocycles. The fourth-order valence-corrected chi connectivity index (χ4v) is 4.26. The molecule has 1 N–H and O–H groups in total. The summed E-state index contributed by atoms with van der Waals surface area (Å²) in [6, 6.07) is 7.56. The molecule has 2 aliphatic rings. The van der Waals surface area contributed by atoms with E-state index in [-0.39, 0.29) is 12.8 Å². The lowest BCUT2D eigenvalue weighted by Gasteiger charge is -2.55. The zero-order valence-electron chi connectivity index (χ0n) is 17.9. The Hall–Kier alpha value is -1.60. The Morgan fingerprint density at radius 3 is 1.93 bits per heavy atom. The summed E-state index contributed by atoms with van der Waals surface area (Å²) in [5.41, 5.74) is -0.683. The van der Waals surface area contributed by atoms with Crippen molar-refractivity contribution >= 4 is 18.7 Å². The predicted octanol–water partition coefficient (Wildman–Crippen LogP) is 4.09. The zero-order chi connectivity index (χ0) is 21.1. The normalized spacial score (nSPS) is 28.7. The highest BCUT2D eigenvalue weighted by atomic mass is 19.1. The number of nitrogens with zero attached hydrogens (tertiary/aromatic N) is 1. The number of rotatable bonds is 3. The van der Waals surface area contributed by atoms with Crippen molar-refractivity contribution in [3.05, 3.63) is 29.8 Å². The van der Waals surface area contributed by atoms with Crippen molar-refractivity contribution in [1.82, 2.24) is 4.90 Å². The molecule has 28 heavy (non-hydrogen) atoms. The van der Waals surface area contributed by atoms with Crippen molar-refractivity contribution in [2.24, 2.45) is 0 Å². The Kier molecular flexibility index (Phi) is 4.87. The second-order valence-electron chi connectivity index (χ2n) is 10.0. The first-order valence-corrected chi connectivity index (χ1v) is 9.83. The van der Waals surface area contributed by atoms with E-state index in [4.69, 9.17) is 9.31 Å². The van der Waals surface area contributed by atoms with E-state index in [1.54, 1.807) is 0 Å². The van der Waals surface area contributed by atoms with E-state index in [0.29, 0.717) is 0 Å². The highest BCUT2D eigenvalue weighted by molar-refractivity contribution is 6.62. The molecule has 0 spiro atoms. The van der Waals surface area contributed by atoms with Crippen LogP contribution in [0.1, 0.15) is 66.9 Å². The van der Waals surface area contributed by atoms with Gasteiger partial charge in [-0.25, -0.2) is 9.18 Å². The van der Waals surface area contributed by atoms with Gasteiger partial charge in [0.25, 0.3) is 0 Å². The topological polar surface area (TPSA) is 59.0 Å². The second-order valence-corrected chi connectivity index (χ2v) is 10.0. The summed E-state index contributed by atoms with van der Waals surface area (Å²) in [7, 11) is -0.483. The van der Waals surface area contributed by atoms with E-state index in [9.17, 15) is 14.3 Å². The molecule has 154 valence electrons. The van der Waals surface area contributed by atoms with Gasteiger partial charge in [-0.15, -0.1) is 0 Å². The molecule has 7 heteroatoms. The molecule has 0 atom stereocenters. The first-order valence-electron chi connectivity index (χ1n) is 9.83. The number of carboxylic acid groups (broad SMARTS) is 1. The molecule has 1 saturated carbocycles. The maximum atomic E-state index is 13.9. The van der Waals surface area contributed by atoms with Gasteiger partial charge in [0, 0.05) is 18.4 Å². The fraction of sp³-hybridized carbons (Fsp3) is 0.667. The molecule has 0 bridgehead atoms. The summed E-state index contributed by atoms with van der Waals surface area (Å²) >= 11 is 0. The maximum Gasteiger partial charge on any atom is 0.494 e. The van der Waals surface area contributed by atoms with E-state index >= 15 is 0 Å². The average molecular weight is 391 g/mol. The summed E-state index contributed by atoms with van der Waals surface area (Å²) in [5, 5.41) is 9.86. The monoisotopic (exact) mass is 391 g/mol. The molecule has 1 amide bonds. The van der Waals surface area contributed by atoms with E-state index in [1.807, 2.05) is 72.7 Å². The summed E-state index contributed by atoms with van der Waals surface area (Å²) < 4.78 is 26.1. The number of benzene rings is 1. The van der Waals surface area contributed by atoms with Crippen LogP contribution in [-0.4, -0.2) is 46.1 Å². The standard InChI is InChI=1S/C21H31BFNO4/c1-18(2,3)24(17(25)26)21(12-16(23)13-21)14-8-10-15(11-9-14)22-27-19(4,5)20(6,7)28-22/h8-11,16H,12-13H2,1-7H3,(H,25,26)/t16-,21-. The van der Waals surface area contributed by atoms with Crippen LogP contribution in [-0.2, 0) is 14.8 Å². The minimum atomic E-state index is -1.03. The molecular weight excluding hydrogens is 360 g/mol. The molecule has 5 nitrogen and oxygen atoms in total. The van der Waals surface area contributed by atoms with Crippen LogP contribution in [0.2, 0.25) is 0 Å². The number of halogens is 1. The molecule has 1 aliphatic heterocycles. The maximum absolute atomic E-state index is 13.9. The Morgan fingerprint density at radius 1 is 1.11 bits per heavy atom. The molecule has 1 aromatic carbocycles. The minimum Gasteiger partial charge on any atom is -0.465 e. The average Bonchev–Trinajstić information content (AvgIpc) is 2.72. The minimum absolute atomic E-state index is 0.173. The Bertz CT molecular complexity index is 735. The van der Waals surface area contributed by atoms with Gasteiger partial charge in [-0.05, 0) is 59.5 Å². The van der Waals surface area contributed by atoms with Gasteiger partial charge in [-0.3, -0.25) is 4.90 Å². The van der Waals surface area contributed by atoms with Crippen LogP contribution in [0, 0.1) is 0 Å². The first-order chi connectivity index (χ1) is 12.7. The van der Waals surface area contributed by atoms with Crippen molar-refractivity contribution < 1.29 is 23.6 Å². The highest BCUT2D eigenvalue weighted by Crippen LogP contribution is 2.50. The Labute approximate surface area is 167 Å². The quantitative estimate of drug-likeness (QED) is 0.789. The van der Waals surface area contributed by atoms with Gasteiger partial charge in [-0.2, -0.15) is 0 Å². The molecule has 0 aromatic heterocycles. The zero-order valence-corrected chi connectivity index (χ0v) is 17.9. The van der Waals surface area contributed by atoms with Crippen LogP contribution < -0.4 is 5.46 Å². The van der Waals surface area contributed by atoms with Crippen LogP contribution >= 0.6 is 0 Å². The van der Waals surface area contributed by atoms with Crippen molar-refractivity contribution in [3.63, 3.8) is 0 Å². The summed E-state index contributed by atoms with van der Waals surface area (Å²) in [4.78, 5) is 13.5. The van der Waals surface area contributed by atoms with E-state index in [2.05, 4.69) is 0 Å². The third kappa shape index (κ3) is 3.33. The first kappa shape index (κ1) is 21.1. The van der Waals surface area contributed by atoms with Gasteiger partial charge in [0.05, 0.1) is 16.7 Å². The van der Waals surface area contributed by atoms with Crippen molar-refractivity contribution in [1.29, 1.82) is 0 Å². The molecule has 1 heterocycles. The van der Waals surface area contributed by atoms with Gasteiger partial charge < -0.3 is 14.4 Å². The number of alkyl halides is 1. The fourth-order valence-electron chi connectivity index (χ4n) is 4.26. The smallest absolute Gasteiger partial charge is 0.465 e. The third-order valence-electron chi connectivity index (χ3n) is 6.38. The summed E-state index contributed by atoms with van der Waals surface area (Å²) in [5.74, 6) is 0. The molecule has 2 fully saturated rings. The summed E-state index contributed by atoms with van der Waals surface area (Å²) in [6.45, 7) is 13.5. The molecule has 1 aromatic rings. The predicted molar refractivity (Wildman–Crippen MR) is 108 cm³/mol. The largest absolute Gasteiger partial charge is 0.494 e. The van der Waals surface area contributed by atoms with E-state index in [0.717, 1.165) is 11.0 Å². The van der Waals surface area contributed by atoms with Crippen molar-refractivity contribution in [2.45, 2.75) is 89.8 Å². The van der Waals surface area contributed by atoms with Gasteiger partial charge in [0.1, 0.15) is 6.17 Å². The highest BCUT2D eigenvalue weighted by Gasteiger charge is 2.56. The lowest BCUT2D eigenvalue weighted by atomic mass is 9.67. The van der Waals surface area contributed by atoms with Gasteiger partial charge >= 0.3 is 13.2 Å². The number of carbonyl (C=O) groups is 1. The lowest BCUT2D eigenvalue weighted by molar-refractivity contribution is -0.0709. The lowest BCUT2D eigenvalue weighted by Crippen LogP contribution is -2.63. The molecule has 0 unspecified atom stereocenters. The second kappa shape index (κ2) is 6.46. The molecule has 1 aliphatic carbocycles. The van der Waals surface area contributed by atoms with Crippen LogP contribution in [0.3, 0.4) is 0 Å². The number of amides is 1. The third-order valence-corrected chi connectivity index (χ3v) is 6.38. The summed E-state index contributed by atoms with van der Waals surface area (Å²) in [6.07, 6.45) is -1.68. The van der Waals surface area contributed by atoms with Crippen molar-refractivity contribution in [3.8, 4) is 0 Å². The van der Waals surface area contributed by atoms with Gasteiger partial charge in [0.2, 0.25) is 0 Å². The van der Waals surface area contributed by atoms with Crippen LogP contribution in [0.15, 0.2) is 24.3 Å². The SMILES string of the molecule is CC(C)(C)N(C(=O)O)[C@]1(c2ccc(B3OC(C)(C)C(C)(C)O3)cc2)C[C@@H](F)C1. The van der Waals surface area contributed by atoms with Crippen LogP contribution in [0.4, 0.5) is 9.18 Å². The molecular formula is C21H31BFNO4. The molecule has 3 rings (SSSR count). The van der Waals surface area contributed by atoms with Crippen molar-refractivity contribution in [2.75, 3.05) is 0 Å². The van der Waals surface area contributed by atoms with Crippen LogP contribution in [0.5, 0.6) is 0 Å². The van der Waals surface area contributed by atoms with Crippen LogP contribution in [0.25, 0.3) is 0 Å². The number of hydrogen-bond acceptors (Lipinski definition) is 3. The Morgan fingerprint density at radius 2 is 1.57 bits per heavy atom.